The van der Waals surface area contributed by atoms with Crippen LogP contribution in [-0.2, 0) is 6.54 Å². The number of benzene rings is 1. The Labute approximate surface area is 104 Å². The van der Waals surface area contributed by atoms with Gasteiger partial charge < -0.3 is 9.73 Å². The van der Waals surface area contributed by atoms with Crippen LogP contribution in [0.15, 0.2) is 34.7 Å². The van der Waals surface area contributed by atoms with E-state index in [4.69, 9.17) is 16.0 Å². The lowest BCUT2D eigenvalue weighted by molar-refractivity contribution is 0.498. The molecule has 17 heavy (non-hydrogen) atoms. The molecule has 0 saturated heterocycles. The summed E-state index contributed by atoms with van der Waals surface area (Å²) in [5, 5.41) is 3.52. The Balaban J connectivity index is 2.24. The molecule has 2 aromatic rings. The van der Waals surface area contributed by atoms with Gasteiger partial charge in [0.05, 0.1) is 6.54 Å². The summed E-state index contributed by atoms with van der Waals surface area (Å²) >= 11 is 5.80. The fraction of sp³-hybridized carbons (Fsp3) is 0.231. The molecule has 0 fully saturated rings. The number of furan rings is 1. The van der Waals surface area contributed by atoms with Crippen LogP contribution in [0.3, 0.4) is 0 Å². The van der Waals surface area contributed by atoms with Crippen molar-refractivity contribution in [1.82, 2.24) is 5.32 Å². The third-order valence-corrected chi connectivity index (χ3v) is 2.58. The SMILES string of the molecule is CCNCc1ccc(-c2cc(F)cc(Cl)c2)o1. The van der Waals surface area contributed by atoms with Gasteiger partial charge in [-0.1, -0.05) is 18.5 Å². The Morgan fingerprint density at radius 2 is 2.12 bits per heavy atom. The minimum Gasteiger partial charge on any atom is -0.460 e. The van der Waals surface area contributed by atoms with Gasteiger partial charge in [-0.2, -0.15) is 0 Å². The molecule has 2 nitrogen and oxygen atoms in total. The molecule has 1 aromatic carbocycles. The molecule has 0 amide bonds. The van der Waals surface area contributed by atoms with Gasteiger partial charge in [-0.05, 0) is 36.9 Å². The van der Waals surface area contributed by atoms with Gasteiger partial charge in [0.15, 0.2) is 0 Å². The Morgan fingerprint density at radius 1 is 1.29 bits per heavy atom. The van der Waals surface area contributed by atoms with Crippen LogP contribution >= 0.6 is 11.6 Å². The Morgan fingerprint density at radius 3 is 2.82 bits per heavy atom. The maximum absolute atomic E-state index is 13.2. The average Bonchev–Trinajstić information content (AvgIpc) is 2.73. The molecule has 0 aliphatic carbocycles. The summed E-state index contributed by atoms with van der Waals surface area (Å²) in [6.45, 7) is 3.57. The summed E-state index contributed by atoms with van der Waals surface area (Å²) in [5.41, 5.74) is 0.651. The first kappa shape index (κ1) is 12.1. The zero-order valence-electron chi connectivity index (χ0n) is 9.47. The molecule has 0 aliphatic heterocycles. The predicted molar refractivity (Wildman–Crippen MR) is 66.5 cm³/mol. The number of hydrogen-bond donors (Lipinski definition) is 1. The van der Waals surface area contributed by atoms with Crippen molar-refractivity contribution < 1.29 is 8.81 Å². The van der Waals surface area contributed by atoms with Crippen molar-refractivity contribution in [2.45, 2.75) is 13.5 Å². The van der Waals surface area contributed by atoms with Crippen molar-refractivity contribution in [3.63, 3.8) is 0 Å². The van der Waals surface area contributed by atoms with Crippen LogP contribution in [-0.4, -0.2) is 6.54 Å². The third kappa shape index (κ3) is 3.08. The van der Waals surface area contributed by atoms with Crippen LogP contribution < -0.4 is 5.32 Å². The molecule has 0 bridgehead atoms. The van der Waals surface area contributed by atoms with Crippen molar-refractivity contribution in [2.75, 3.05) is 6.54 Å². The van der Waals surface area contributed by atoms with E-state index in [9.17, 15) is 4.39 Å². The van der Waals surface area contributed by atoms with Gasteiger partial charge in [-0.3, -0.25) is 0 Å². The molecule has 0 radical (unpaired) electrons. The van der Waals surface area contributed by atoms with Gasteiger partial charge in [-0.25, -0.2) is 4.39 Å². The summed E-state index contributed by atoms with van der Waals surface area (Å²) in [6, 6.07) is 8.05. The third-order valence-electron chi connectivity index (χ3n) is 2.36. The van der Waals surface area contributed by atoms with Crippen molar-refractivity contribution in [3.8, 4) is 11.3 Å². The highest BCUT2D eigenvalue weighted by Gasteiger charge is 2.07. The highest BCUT2D eigenvalue weighted by Crippen LogP contribution is 2.26. The van der Waals surface area contributed by atoms with Gasteiger partial charge in [0.25, 0.3) is 0 Å². The maximum Gasteiger partial charge on any atom is 0.134 e. The second-order valence-electron chi connectivity index (χ2n) is 3.70. The smallest absolute Gasteiger partial charge is 0.134 e. The second-order valence-corrected chi connectivity index (χ2v) is 4.14. The lowest BCUT2D eigenvalue weighted by atomic mass is 10.2. The number of hydrogen-bond acceptors (Lipinski definition) is 2. The zero-order chi connectivity index (χ0) is 12.3. The molecule has 0 unspecified atom stereocenters. The van der Waals surface area contributed by atoms with Crippen molar-refractivity contribution in [2.24, 2.45) is 0 Å². The minimum absolute atomic E-state index is 0.364. The summed E-state index contributed by atoms with van der Waals surface area (Å²) < 4.78 is 18.8. The van der Waals surface area contributed by atoms with Crippen LogP contribution in [0.5, 0.6) is 0 Å². The van der Waals surface area contributed by atoms with Crippen molar-refractivity contribution in [1.29, 1.82) is 0 Å². The van der Waals surface area contributed by atoms with Crippen LogP contribution in [0, 0.1) is 5.82 Å². The fourth-order valence-electron chi connectivity index (χ4n) is 1.57. The standard InChI is InChI=1S/C13H13ClFNO/c1-2-16-8-12-3-4-13(17-12)9-5-10(14)7-11(15)6-9/h3-7,16H,2,8H2,1H3. The van der Waals surface area contributed by atoms with Gasteiger partial charge >= 0.3 is 0 Å². The monoisotopic (exact) mass is 253 g/mol. The van der Waals surface area contributed by atoms with E-state index >= 15 is 0 Å². The largest absolute Gasteiger partial charge is 0.460 e. The highest BCUT2D eigenvalue weighted by molar-refractivity contribution is 6.30. The average molecular weight is 254 g/mol. The molecule has 90 valence electrons. The van der Waals surface area contributed by atoms with Crippen LogP contribution in [0.1, 0.15) is 12.7 Å². The van der Waals surface area contributed by atoms with Crippen LogP contribution in [0.2, 0.25) is 5.02 Å². The second kappa shape index (κ2) is 5.34. The summed E-state index contributed by atoms with van der Waals surface area (Å²) in [6.07, 6.45) is 0. The van der Waals surface area contributed by atoms with Crippen molar-refractivity contribution >= 4 is 11.6 Å². The highest BCUT2D eigenvalue weighted by atomic mass is 35.5. The quantitative estimate of drug-likeness (QED) is 0.895. The Bertz CT molecular complexity index is 490. The van der Waals surface area contributed by atoms with Crippen LogP contribution in [0.4, 0.5) is 4.39 Å². The van der Waals surface area contributed by atoms with Gasteiger partial charge in [0.2, 0.25) is 0 Å². The van der Waals surface area contributed by atoms with E-state index in [2.05, 4.69) is 5.32 Å². The molecule has 1 aromatic heterocycles. The topological polar surface area (TPSA) is 25.2 Å². The molecule has 0 atom stereocenters. The molecule has 2 rings (SSSR count). The van der Waals surface area contributed by atoms with E-state index < -0.39 is 0 Å². The first-order valence-corrected chi connectivity index (χ1v) is 5.82. The van der Waals surface area contributed by atoms with E-state index in [1.165, 1.54) is 12.1 Å². The molecular formula is C13H13ClFNO. The summed E-state index contributed by atoms with van der Waals surface area (Å²) in [5.74, 6) is 1.08. The van der Waals surface area contributed by atoms with E-state index in [1.807, 2.05) is 19.1 Å². The maximum atomic E-state index is 13.2. The molecular weight excluding hydrogens is 241 g/mol. The van der Waals surface area contributed by atoms with E-state index in [1.54, 1.807) is 6.07 Å². The van der Waals surface area contributed by atoms with Gasteiger partial charge in [0.1, 0.15) is 17.3 Å². The molecule has 1 heterocycles. The van der Waals surface area contributed by atoms with Gasteiger partial charge in [0, 0.05) is 10.6 Å². The molecule has 0 saturated carbocycles. The zero-order valence-corrected chi connectivity index (χ0v) is 10.2. The van der Waals surface area contributed by atoms with Crippen LogP contribution in [0.25, 0.3) is 11.3 Å². The number of halogens is 2. The number of nitrogens with one attached hydrogen (secondary N) is 1. The van der Waals surface area contributed by atoms with E-state index in [-0.39, 0.29) is 5.82 Å². The van der Waals surface area contributed by atoms with E-state index in [0.717, 1.165) is 12.3 Å². The predicted octanol–water partition coefficient (Wildman–Crippen LogP) is 3.85. The molecule has 4 heteroatoms. The lowest BCUT2D eigenvalue weighted by Gasteiger charge is -2.00. The van der Waals surface area contributed by atoms with Crippen molar-refractivity contribution in [3.05, 3.63) is 46.9 Å². The van der Waals surface area contributed by atoms with E-state index in [0.29, 0.717) is 22.9 Å². The first-order valence-electron chi connectivity index (χ1n) is 5.45. The normalized spacial score (nSPS) is 10.8. The lowest BCUT2D eigenvalue weighted by Crippen LogP contribution is -2.10. The molecule has 1 N–H and O–H groups in total. The number of rotatable bonds is 4. The van der Waals surface area contributed by atoms with Gasteiger partial charge in [-0.15, -0.1) is 0 Å². The minimum atomic E-state index is -0.364. The molecule has 0 spiro atoms. The Kier molecular flexibility index (Phi) is 3.82. The summed E-state index contributed by atoms with van der Waals surface area (Å²) in [7, 11) is 0. The Hall–Kier alpha value is -1.32. The molecule has 0 aliphatic rings. The first-order chi connectivity index (χ1) is 8.19. The summed E-state index contributed by atoms with van der Waals surface area (Å²) in [4.78, 5) is 0. The fourth-order valence-corrected chi connectivity index (χ4v) is 1.79.